The number of rotatable bonds is 6. The molecule has 1 unspecified atom stereocenters. The SMILES string of the molecule is O=C(O)C1CCC(=O)N1CCCCC1CCOCC1. The van der Waals surface area contributed by atoms with Gasteiger partial charge in [0.15, 0.2) is 0 Å². The predicted octanol–water partition coefficient (Wildman–Crippen LogP) is 1.66. The first-order chi connectivity index (χ1) is 9.18. The number of likely N-dealkylation sites (tertiary alicyclic amines) is 1. The lowest BCUT2D eigenvalue weighted by molar-refractivity contribution is -0.146. The van der Waals surface area contributed by atoms with Crippen LogP contribution in [0, 0.1) is 5.92 Å². The fourth-order valence-electron chi connectivity index (χ4n) is 3.02. The van der Waals surface area contributed by atoms with Crippen LogP contribution in [0.1, 0.15) is 44.9 Å². The van der Waals surface area contributed by atoms with Crippen molar-refractivity contribution in [1.29, 1.82) is 0 Å². The minimum atomic E-state index is -0.865. The van der Waals surface area contributed by atoms with Gasteiger partial charge in [0.05, 0.1) is 0 Å². The highest BCUT2D eigenvalue weighted by molar-refractivity contribution is 5.87. The molecule has 1 atom stereocenters. The van der Waals surface area contributed by atoms with E-state index >= 15 is 0 Å². The van der Waals surface area contributed by atoms with Gasteiger partial charge in [-0.25, -0.2) is 4.79 Å². The summed E-state index contributed by atoms with van der Waals surface area (Å²) in [6.45, 7) is 2.34. The Morgan fingerprint density at radius 1 is 1.26 bits per heavy atom. The van der Waals surface area contributed by atoms with Gasteiger partial charge in [0.1, 0.15) is 6.04 Å². The summed E-state index contributed by atoms with van der Waals surface area (Å²) in [5.74, 6) is -0.118. The van der Waals surface area contributed by atoms with E-state index in [1.54, 1.807) is 4.90 Å². The number of nitrogens with zero attached hydrogens (tertiary/aromatic N) is 1. The van der Waals surface area contributed by atoms with Crippen molar-refractivity contribution in [3.05, 3.63) is 0 Å². The first kappa shape index (κ1) is 14.3. The molecule has 0 aromatic rings. The van der Waals surface area contributed by atoms with Crippen LogP contribution in [0.2, 0.25) is 0 Å². The number of aliphatic carboxylic acids is 1. The zero-order valence-corrected chi connectivity index (χ0v) is 11.3. The monoisotopic (exact) mass is 269 g/mol. The first-order valence-electron chi connectivity index (χ1n) is 7.28. The quantitative estimate of drug-likeness (QED) is 0.745. The second-order valence-corrected chi connectivity index (χ2v) is 5.53. The van der Waals surface area contributed by atoms with E-state index in [2.05, 4.69) is 0 Å². The maximum atomic E-state index is 11.6. The number of carboxylic acid groups (broad SMARTS) is 1. The van der Waals surface area contributed by atoms with Crippen LogP contribution in [0.3, 0.4) is 0 Å². The molecule has 1 N–H and O–H groups in total. The molecule has 2 rings (SSSR count). The Kier molecular flexibility index (Phi) is 5.19. The Balaban J connectivity index is 1.66. The molecule has 1 amide bonds. The summed E-state index contributed by atoms with van der Waals surface area (Å²) >= 11 is 0. The van der Waals surface area contributed by atoms with E-state index in [0.29, 0.717) is 19.4 Å². The lowest BCUT2D eigenvalue weighted by Gasteiger charge is -2.24. The molecule has 0 aromatic heterocycles. The minimum absolute atomic E-state index is 0.00142. The van der Waals surface area contributed by atoms with Crippen molar-refractivity contribution in [2.45, 2.75) is 51.0 Å². The summed E-state index contributed by atoms with van der Waals surface area (Å²) in [7, 11) is 0. The third-order valence-corrected chi connectivity index (χ3v) is 4.22. The summed E-state index contributed by atoms with van der Waals surface area (Å²) in [5.41, 5.74) is 0. The molecule has 5 heteroatoms. The number of unbranched alkanes of at least 4 members (excludes halogenated alkanes) is 1. The Hall–Kier alpha value is -1.10. The number of carbonyl (C=O) groups is 2. The van der Waals surface area contributed by atoms with Crippen LogP contribution in [-0.4, -0.2) is 47.7 Å². The molecule has 19 heavy (non-hydrogen) atoms. The third kappa shape index (κ3) is 3.93. The molecule has 0 spiro atoms. The summed E-state index contributed by atoms with van der Waals surface area (Å²) in [6, 6.07) is -0.587. The lowest BCUT2D eigenvalue weighted by Crippen LogP contribution is -2.39. The van der Waals surface area contributed by atoms with Crippen LogP contribution < -0.4 is 0 Å². The number of hydrogen-bond acceptors (Lipinski definition) is 3. The van der Waals surface area contributed by atoms with E-state index in [-0.39, 0.29) is 5.91 Å². The Morgan fingerprint density at radius 2 is 2.00 bits per heavy atom. The van der Waals surface area contributed by atoms with Gasteiger partial charge in [0.25, 0.3) is 0 Å². The highest BCUT2D eigenvalue weighted by Gasteiger charge is 2.35. The molecule has 2 fully saturated rings. The highest BCUT2D eigenvalue weighted by Crippen LogP contribution is 2.23. The number of carbonyl (C=O) groups excluding carboxylic acids is 1. The average Bonchev–Trinajstić information content (AvgIpc) is 2.77. The minimum Gasteiger partial charge on any atom is -0.480 e. The Morgan fingerprint density at radius 3 is 2.68 bits per heavy atom. The van der Waals surface area contributed by atoms with Crippen molar-refractivity contribution in [2.75, 3.05) is 19.8 Å². The van der Waals surface area contributed by atoms with E-state index in [4.69, 9.17) is 9.84 Å². The van der Waals surface area contributed by atoms with Gasteiger partial charge in [0, 0.05) is 26.2 Å². The number of amides is 1. The van der Waals surface area contributed by atoms with Gasteiger partial charge in [-0.3, -0.25) is 4.79 Å². The smallest absolute Gasteiger partial charge is 0.326 e. The van der Waals surface area contributed by atoms with Crippen LogP contribution in [0.5, 0.6) is 0 Å². The first-order valence-corrected chi connectivity index (χ1v) is 7.28. The van der Waals surface area contributed by atoms with Gasteiger partial charge in [-0.2, -0.15) is 0 Å². The average molecular weight is 269 g/mol. The van der Waals surface area contributed by atoms with Gasteiger partial charge in [-0.05, 0) is 31.6 Å². The van der Waals surface area contributed by atoms with Crippen molar-refractivity contribution in [1.82, 2.24) is 4.90 Å². The molecule has 0 saturated carbocycles. The molecule has 2 saturated heterocycles. The molecular formula is C14H23NO4. The van der Waals surface area contributed by atoms with Gasteiger partial charge >= 0.3 is 5.97 Å². The van der Waals surface area contributed by atoms with Crippen molar-refractivity contribution < 1.29 is 19.4 Å². The standard InChI is InChI=1S/C14H23NO4/c16-13-5-4-12(14(17)18)15(13)8-2-1-3-11-6-9-19-10-7-11/h11-12H,1-10H2,(H,17,18). The molecule has 0 radical (unpaired) electrons. The zero-order chi connectivity index (χ0) is 13.7. The lowest BCUT2D eigenvalue weighted by atomic mass is 9.94. The summed E-state index contributed by atoms with van der Waals surface area (Å²) in [4.78, 5) is 24.2. The van der Waals surface area contributed by atoms with Gasteiger partial charge in [-0.15, -0.1) is 0 Å². The fourth-order valence-corrected chi connectivity index (χ4v) is 3.02. The molecule has 2 aliphatic rings. The largest absolute Gasteiger partial charge is 0.480 e. The summed E-state index contributed by atoms with van der Waals surface area (Å²) in [5, 5.41) is 9.05. The van der Waals surface area contributed by atoms with Crippen LogP contribution in [-0.2, 0) is 14.3 Å². The van der Waals surface area contributed by atoms with Gasteiger partial charge in [-0.1, -0.05) is 12.8 Å². The van der Waals surface area contributed by atoms with Gasteiger partial charge < -0.3 is 14.7 Å². The van der Waals surface area contributed by atoms with Crippen molar-refractivity contribution >= 4 is 11.9 Å². The number of carboxylic acids is 1. The molecule has 0 bridgehead atoms. The molecule has 2 aliphatic heterocycles. The molecule has 0 aliphatic carbocycles. The fraction of sp³-hybridized carbons (Fsp3) is 0.857. The Bertz CT molecular complexity index is 325. The van der Waals surface area contributed by atoms with E-state index in [1.807, 2.05) is 0 Å². The van der Waals surface area contributed by atoms with Gasteiger partial charge in [0.2, 0.25) is 5.91 Å². The van der Waals surface area contributed by atoms with Crippen LogP contribution in [0.15, 0.2) is 0 Å². The third-order valence-electron chi connectivity index (χ3n) is 4.22. The topological polar surface area (TPSA) is 66.8 Å². The van der Waals surface area contributed by atoms with E-state index < -0.39 is 12.0 Å². The molecule has 5 nitrogen and oxygen atoms in total. The molecule has 2 heterocycles. The second kappa shape index (κ2) is 6.89. The maximum absolute atomic E-state index is 11.6. The maximum Gasteiger partial charge on any atom is 0.326 e. The molecule has 0 aromatic carbocycles. The van der Waals surface area contributed by atoms with Crippen LogP contribution >= 0.6 is 0 Å². The zero-order valence-electron chi connectivity index (χ0n) is 11.3. The number of hydrogen-bond donors (Lipinski definition) is 1. The molecule has 108 valence electrons. The van der Waals surface area contributed by atoms with Crippen LogP contribution in [0.25, 0.3) is 0 Å². The summed E-state index contributed by atoms with van der Waals surface area (Å²) in [6.07, 6.45) is 6.28. The summed E-state index contributed by atoms with van der Waals surface area (Å²) < 4.78 is 5.32. The van der Waals surface area contributed by atoms with E-state index in [1.165, 1.54) is 6.42 Å². The van der Waals surface area contributed by atoms with Crippen LogP contribution in [0.4, 0.5) is 0 Å². The second-order valence-electron chi connectivity index (χ2n) is 5.53. The van der Waals surface area contributed by atoms with Crippen molar-refractivity contribution in [2.24, 2.45) is 5.92 Å². The van der Waals surface area contributed by atoms with E-state index in [9.17, 15) is 9.59 Å². The molecular weight excluding hydrogens is 246 g/mol. The Labute approximate surface area is 113 Å². The van der Waals surface area contributed by atoms with Crippen molar-refractivity contribution in [3.8, 4) is 0 Å². The van der Waals surface area contributed by atoms with Crippen molar-refractivity contribution in [3.63, 3.8) is 0 Å². The van der Waals surface area contributed by atoms with E-state index in [0.717, 1.165) is 44.8 Å². The predicted molar refractivity (Wildman–Crippen MR) is 69.8 cm³/mol. The number of ether oxygens (including phenoxy) is 1. The normalized spacial score (nSPS) is 24.9. The highest BCUT2D eigenvalue weighted by atomic mass is 16.5.